The van der Waals surface area contributed by atoms with Gasteiger partial charge in [0.05, 0.1) is 12.3 Å². The first-order valence-electron chi connectivity index (χ1n) is 8.92. The molecule has 0 aliphatic carbocycles. The lowest BCUT2D eigenvalue weighted by molar-refractivity contribution is -0.133. The molecular formula is C19H27N3O4. The molecule has 1 unspecified atom stereocenters. The van der Waals surface area contributed by atoms with Crippen LogP contribution in [-0.4, -0.2) is 41.4 Å². The van der Waals surface area contributed by atoms with E-state index in [2.05, 4.69) is 24.5 Å². The van der Waals surface area contributed by atoms with Gasteiger partial charge in [-0.1, -0.05) is 26.0 Å². The predicted molar refractivity (Wildman–Crippen MR) is 99.0 cm³/mol. The standard InChI is InChI=1S/C19H27N3O4/c1-5-26-15-9-7-6-8-14(15)20-16(23)12-22-17(24)19(4,21-18(22)25)11-10-13(2)3/h6-9,13H,5,10-12H2,1-4H3,(H,20,23)(H,21,25). The van der Waals surface area contributed by atoms with E-state index >= 15 is 0 Å². The van der Waals surface area contributed by atoms with Gasteiger partial charge in [0.15, 0.2) is 0 Å². The third-order valence-corrected chi connectivity index (χ3v) is 4.33. The smallest absolute Gasteiger partial charge is 0.325 e. The van der Waals surface area contributed by atoms with Crippen LogP contribution >= 0.6 is 0 Å². The molecule has 1 saturated heterocycles. The normalized spacial score (nSPS) is 19.7. The van der Waals surface area contributed by atoms with E-state index in [1.54, 1.807) is 31.2 Å². The highest BCUT2D eigenvalue weighted by Crippen LogP contribution is 2.26. The van der Waals surface area contributed by atoms with E-state index < -0.39 is 17.5 Å². The van der Waals surface area contributed by atoms with E-state index in [0.717, 1.165) is 11.3 Å². The van der Waals surface area contributed by atoms with Gasteiger partial charge < -0.3 is 15.4 Å². The average molecular weight is 361 g/mol. The van der Waals surface area contributed by atoms with Crippen LogP contribution < -0.4 is 15.4 Å². The van der Waals surface area contributed by atoms with Crippen molar-refractivity contribution in [3.8, 4) is 5.75 Å². The SMILES string of the molecule is CCOc1ccccc1NC(=O)CN1C(=O)NC(C)(CCC(C)C)C1=O. The fourth-order valence-corrected chi connectivity index (χ4v) is 2.82. The van der Waals surface area contributed by atoms with Gasteiger partial charge in [-0.3, -0.25) is 14.5 Å². The molecule has 7 heteroatoms. The van der Waals surface area contributed by atoms with Gasteiger partial charge >= 0.3 is 6.03 Å². The second-order valence-electron chi connectivity index (χ2n) is 7.06. The molecule has 1 heterocycles. The number of nitrogens with zero attached hydrogens (tertiary/aromatic N) is 1. The number of ether oxygens (including phenoxy) is 1. The number of amides is 4. The number of carbonyl (C=O) groups excluding carboxylic acids is 3. The molecular weight excluding hydrogens is 334 g/mol. The Labute approximate surface area is 154 Å². The lowest BCUT2D eigenvalue weighted by atomic mass is 9.92. The van der Waals surface area contributed by atoms with E-state index in [1.807, 2.05) is 6.92 Å². The van der Waals surface area contributed by atoms with Gasteiger partial charge in [0, 0.05) is 0 Å². The number of hydrogen-bond donors (Lipinski definition) is 2. The Bertz CT molecular complexity index is 689. The molecule has 1 aliphatic heterocycles. The Hall–Kier alpha value is -2.57. The van der Waals surface area contributed by atoms with Crippen molar-refractivity contribution in [2.45, 2.75) is 46.1 Å². The number of imide groups is 1. The zero-order chi connectivity index (χ0) is 19.3. The van der Waals surface area contributed by atoms with E-state index in [4.69, 9.17) is 4.74 Å². The van der Waals surface area contributed by atoms with Crippen molar-refractivity contribution < 1.29 is 19.1 Å². The summed E-state index contributed by atoms with van der Waals surface area (Å²) in [5, 5.41) is 5.42. The van der Waals surface area contributed by atoms with Crippen molar-refractivity contribution in [2.75, 3.05) is 18.5 Å². The fourth-order valence-electron chi connectivity index (χ4n) is 2.82. The average Bonchev–Trinajstić information content (AvgIpc) is 2.79. The van der Waals surface area contributed by atoms with Crippen LogP contribution in [0.3, 0.4) is 0 Å². The van der Waals surface area contributed by atoms with Crippen LogP contribution in [0.25, 0.3) is 0 Å². The monoisotopic (exact) mass is 361 g/mol. The molecule has 7 nitrogen and oxygen atoms in total. The quantitative estimate of drug-likeness (QED) is 0.697. The molecule has 2 rings (SSSR count). The maximum Gasteiger partial charge on any atom is 0.325 e. The molecule has 1 aromatic carbocycles. The van der Waals surface area contributed by atoms with Crippen LogP contribution in [0.15, 0.2) is 24.3 Å². The molecule has 1 aromatic rings. The summed E-state index contributed by atoms with van der Waals surface area (Å²) in [6.45, 7) is 7.82. The molecule has 0 saturated carbocycles. The lowest BCUT2D eigenvalue weighted by Gasteiger charge is -2.22. The maximum absolute atomic E-state index is 12.6. The minimum Gasteiger partial charge on any atom is -0.492 e. The number of benzene rings is 1. The first kappa shape index (κ1) is 19.8. The Kier molecular flexibility index (Phi) is 6.23. The van der Waals surface area contributed by atoms with E-state index in [9.17, 15) is 14.4 Å². The second kappa shape index (κ2) is 8.21. The van der Waals surface area contributed by atoms with Crippen molar-refractivity contribution in [1.29, 1.82) is 0 Å². The summed E-state index contributed by atoms with van der Waals surface area (Å²) in [6, 6.07) is 6.50. The highest BCUT2D eigenvalue weighted by Gasteiger charge is 2.47. The van der Waals surface area contributed by atoms with Crippen LogP contribution in [0.4, 0.5) is 10.5 Å². The summed E-state index contributed by atoms with van der Waals surface area (Å²) in [5.41, 5.74) is -0.445. The van der Waals surface area contributed by atoms with Crippen molar-refractivity contribution >= 4 is 23.5 Å². The van der Waals surface area contributed by atoms with Gasteiger partial charge in [-0.25, -0.2) is 4.79 Å². The molecule has 4 amide bonds. The van der Waals surface area contributed by atoms with Crippen LogP contribution in [0, 0.1) is 5.92 Å². The summed E-state index contributed by atoms with van der Waals surface area (Å²) in [4.78, 5) is 38.2. The Morgan fingerprint density at radius 3 is 2.65 bits per heavy atom. The number of hydrogen-bond acceptors (Lipinski definition) is 4. The molecule has 0 radical (unpaired) electrons. The minimum atomic E-state index is -0.954. The second-order valence-corrected chi connectivity index (χ2v) is 7.06. The van der Waals surface area contributed by atoms with Gasteiger partial charge in [0.1, 0.15) is 17.8 Å². The van der Waals surface area contributed by atoms with Gasteiger partial charge in [-0.15, -0.1) is 0 Å². The van der Waals surface area contributed by atoms with E-state index in [1.165, 1.54) is 0 Å². The number of urea groups is 1. The molecule has 0 aromatic heterocycles. The number of carbonyl (C=O) groups is 3. The Morgan fingerprint density at radius 1 is 1.31 bits per heavy atom. The first-order chi connectivity index (χ1) is 12.3. The third kappa shape index (κ3) is 4.53. The summed E-state index contributed by atoms with van der Waals surface area (Å²) in [7, 11) is 0. The number of rotatable bonds is 8. The minimum absolute atomic E-state index is 0.331. The molecule has 0 bridgehead atoms. The summed E-state index contributed by atoms with van der Waals surface area (Å²) >= 11 is 0. The zero-order valence-electron chi connectivity index (χ0n) is 15.8. The van der Waals surface area contributed by atoms with Gasteiger partial charge in [0.25, 0.3) is 5.91 Å². The number of nitrogens with one attached hydrogen (secondary N) is 2. The van der Waals surface area contributed by atoms with Gasteiger partial charge in [-0.05, 0) is 44.7 Å². The van der Waals surface area contributed by atoms with Crippen LogP contribution in [0.5, 0.6) is 5.75 Å². The predicted octanol–water partition coefficient (Wildman–Crippen LogP) is 2.77. The summed E-state index contributed by atoms with van der Waals surface area (Å²) in [6.07, 6.45) is 1.35. The number of anilines is 1. The lowest BCUT2D eigenvalue weighted by Crippen LogP contribution is -2.44. The Morgan fingerprint density at radius 2 is 2.00 bits per heavy atom. The van der Waals surface area contributed by atoms with Crippen LogP contribution in [-0.2, 0) is 9.59 Å². The number of para-hydroxylation sites is 2. The fraction of sp³-hybridized carbons (Fsp3) is 0.526. The van der Waals surface area contributed by atoms with Crippen molar-refractivity contribution in [1.82, 2.24) is 10.2 Å². The largest absolute Gasteiger partial charge is 0.492 e. The van der Waals surface area contributed by atoms with Crippen molar-refractivity contribution in [3.05, 3.63) is 24.3 Å². The van der Waals surface area contributed by atoms with Gasteiger partial charge in [0.2, 0.25) is 5.91 Å². The van der Waals surface area contributed by atoms with E-state index in [-0.39, 0.29) is 12.5 Å². The molecule has 26 heavy (non-hydrogen) atoms. The van der Waals surface area contributed by atoms with Crippen molar-refractivity contribution in [3.63, 3.8) is 0 Å². The third-order valence-electron chi connectivity index (χ3n) is 4.33. The molecule has 1 atom stereocenters. The molecule has 1 aliphatic rings. The van der Waals surface area contributed by atoms with Crippen molar-refractivity contribution in [2.24, 2.45) is 5.92 Å². The summed E-state index contributed by atoms with van der Waals surface area (Å²) in [5.74, 6) is 0.149. The molecule has 1 fully saturated rings. The van der Waals surface area contributed by atoms with Gasteiger partial charge in [-0.2, -0.15) is 0 Å². The van der Waals surface area contributed by atoms with E-state index in [0.29, 0.717) is 30.4 Å². The van der Waals surface area contributed by atoms with Crippen LogP contribution in [0.2, 0.25) is 0 Å². The highest BCUT2D eigenvalue weighted by molar-refractivity contribution is 6.10. The van der Waals surface area contributed by atoms with Crippen LogP contribution in [0.1, 0.15) is 40.5 Å². The topological polar surface area (TPSA) is 87.7 Å². The Balaban J connectivity index is 2.03. The maximum atomic E-state index is 12.6. The molecule has 2 N–H and O–H groups in total. The molecule has 0 spiro atoms. The highest BCUT2D eigenvalue weighted by atomic mass is 16.5. The first-order valence-corrected chi connectivity index (χ1v) is 8.92. The summed E-state index contributed by atoms with van der Waals surface area (Å²) < 4.78 is 5.46. The zero-order valence-corrected chi connectivity index (χ0v) is 15.8. The molecule has 142 valence electrons.